The van der Waals surface area contributed by atoms with E-state index in [4.69, 9.17) is 9.97 Å². The number of aromatic hydroxyl groups is 1. The molecule has 0 saturated carbocycles. The molecule has 0 spiro atoms. The van der Waals surface area contributed by atoms with E-state index < -0.39 is 0 Å². The third-order valence-corrected chi connectivity index (χ3v) is 12.2. The van der Waals surface area contributed by atoms with Gasteiger partial charge in [-0.15, -0.1) is 23.8 Å². The van der Waals surface area contributed by atoms with E-state index in [0.717, 1.165) is 83.6 Å². The van der Waals surface area contributed by atoms with E-state index in [9.17, 15) is 5.11 Å². The molecule has 2 heterocycles. The van der Waals surface area contributed by atoms with Gasteiger partial charge in [-0.05, 0) is 99.0 Å². The standard InChI is InChI=1S/C59H54N3O.Pt/c1-37(2)45-33-50(38(3)4)57(63)51(34-45)58-61-56-49(20-15-21-55(56)62(58)54-27-26-43(35-52(54)59(6,7)8)40-16-11-9-12-17-40)47-30-46(41-18-13-10-14-19-41)31-48(32-47)53-36-44(28-29-60-53)42-24-22-39(5)23-25-42;/h9-31,33-38,63H,1-8H3;/q-1;. The maximum absolute atomic E-state index is 12.3. The van der Waals surface area contributed by atoms with Gasteiger partial charge in [0, 0.05) is 33.0 Å². The number of benzene rings is 7. The molecule has 7 aromatic carbocycles. The molecule has 0 bridgehead atoms. The summed E-state index contributed by atoms with van der Waals surface area (Å²) in [6, 6.07) is 59.7. The number of nitrogens with zero attached hydrogens (tertiary/aromatic N) is 3. The molecule has 0 amide bonds. The van der Waals surface area contributed by atoms with Crippen molar-refractivity contribution in [3.8, 4) is 78.6 Å². The Kier molecular flexibility index (Phi) is 12.5. The van der Waals surface area contributed by atoms with E-state index in [1.165, 1.54) is 16.7 Å². The molecule has 322 valence electrons. The Morgan fingerprint density at radius 2 is 1.20 bits per heavy atom. The Morgan fingerprint density at radius 3 is 1.86 bits per heavy atom. The number of imidazole rings is 1. The Hall–Kier alpha value is -6.35. The molecule has 0 radical (unpaired) electrons. The Morgan fingerprint density at radius 1 is 0.578 bits per heavy atom. The minimum absolute atomic E-state index is 0. The van der Waals surface area contributed by atoms with Gasteiger partial charge in [0.15, 0.2) is 0 Å². The zero-order chi connectivity index (χ0) is 44.0. The van der Waals surface area contributed by atoms with Crippen molar-refractivity contribution in [2.45, 2.75) is 72.6 Å². The predicted octanol–water partition coefficient (Wildman–Crippen LogP) is 15.8. The van der Waals surface area contributed by atoms with E-state index in [1.54, 1.807) is 0 Å². The van der Waals surface area contributed by atoms with Crippen LogP contribution in [0.25, 0.3) is 83.9 Å². The van der Waals surface area contributed by atoms with Gasteiger partial charge in [0.1, 0.15) is 11.6 Å². The summed E-state index contributed by atoms with van der Waals surface area (Å²) in [6.45, 7) is 17.6. The first kappa shape index (κ1) is 44.3. The molecular formula is C59H54N3OPt-. The van der Waals surface area contributed by atoms with Crippen molar-refractivity contribution in [2.75, 3.05) is 0 Å². The minimum Gasteiger partial charge on any atom is -0.507 e. The molecule has 0 aliphatic carbocycles. The van der Waals surface area contributed by atoms with Crippen molar-refractivity contribution in [3.05, 3.63) is 192 Å². The number of fused-ring (bicyclic) bond motifs is 1. The summed E-state index contributed by atoms with van der Waals surface area (Å²) in [7, 11) is 0. The summed E-state index contributed by atoms with van der Waals surface area (Å²) in [5.41, 5.74) is 18.1. The molecule has 4 nitrogen and oxygen atoms in total. The van der Waals surface area contributed by atoms with Gasteiger partial charge in [-0.3, -0.25) is 9.55 Å². The third-order valence-electron chi connectivity index (χ3n) is 12.2. The van der Waals surface area contributed by atoms with E-state index >= 15 is 0 Å². The number of aryl methyl sites for hydroxylation is 1. The van der Waals surface area contributed by atoms with Gasteiger partial charge in [0.05, 0.1) is 22.3 Å². The molecule has 0 aliphatic rings. The number of para-hydroxylation sites is 1. The number of rotatable bonds is 9. The molecule has 0 aliphatic heterocycles. The van der Waals surface area contributed by atoms with Crippen LogP contribution in [-0.2, 0) is 26.5 Å². The van der Waals surface area contributed by atoms with E-state index in [0.29, 0.717) is 5.82 Å². The topological polar surface area (TPSA) is 50.9 Å². The summed E-state index contributed by atoms with van der Waals surface area (Å²) in [5.74, 6) is 1.32. The van der Waals surface area contributed by atoms with Crippen LogP contribution in [0.3, 0.4) is 0 Å². The Bertz CT molecular complexity index is 3100. The molecule has 0 unspecified atom stereocenters. The number of aromatic nitrogens is 3. The number of hydrogen-bond acceptors (Lipinski definition) is 3. The summed E-state index contributed by atoms with van der Waals surface area (Å²) >= 11 is 0. The average molecular weight is 1020 g/mol. The van der Waals surface area contributed by atoms with Gasteiger partial charge in [-0.25, -0.2) is 4.98 Å². The summed E-state index contributed by atoms with van der Waals surface area (Å²) in [6.07, 6.45) is 1.89. The van der Waals surface area contributed by atoms with Crippen LogP contribution in [0.2, 0.25) is 0 Å². The average Bonchev–Trinajstić information content (AvgIpc) is 3.68. The van der Waals surface area contributed by atoms with Crippen molar-refractivity contribution in [1.29, 1.82) is 0 Å². The summed E-state index contributed by atoms with van der Waals surface area (Å²) in [4.78, 5) is 10.6. The number of phenols is 1. The molecule has 0 atom stereocenters. The maximum atomic E-state index is 12.3. The molecule has 64 heavy (non-hydrogen) atoms. The number of pyridine rings is 1. The second-order valence-corrected chi connectivity index (χ2v) is 18.5. The predicted molar refractivity (Wildman–Crippen MR) is 264 cm³/mol. The van der Waals surface area contributed by atoms with Gasteiger partial charge in [-0.1, -0.05) is 186 Å². The number of phenolic OH excluding ortho intramolecular Hbond substituents is 1. The van der Waals surface area contributed by atoms with Crippen LogP contribution in [0.5, 0.6) is 5.75 Å². The summed E-state index contributed by atoms with van der Waals surface area (Å²) < 4.78 is 2.28. The SMILES string of the molecule is Cc1ccc(-c2ccnc(-c3[c-]c(-c4cccc5c4nc(-c4cc(C(C)C)cc(C(C)C)c4O)n5-c4ccc(-c5ccccc5)cc4C(C)(C)C)cc(-c4ccccc4)c3)c2)cc1.[Pt]. The van der Waals surface area contributed by atoms with Crippen molar-refractivity contribution < 1.29 is 26.2 Å². The monoisotopic (exact) mass is 1020 g/mol. The molecule has 9 rings (SSSR count). The Balaban J connectivity index is 0.00000560. The molecule has 1 N–H and O–H groups in total. The molecular weight excluding hydrogens is 962 g/mol. The quantitative estimate of drug-likeness (QED) is 0.147. The molecule has 5 heteroatoms. The number of hydrogen-bond donors (Lipinski definition) is 1. The van der Waals surface area contributed by atoms with Gasteiger partial charge >= 0.3 is 0 Å². The fourth-order valence-corrected chi connectivity index (χ4v) is 8.66. The zero-order valence-corrected chi connectivity index (χ0v) is 40.1. The van der Waals surface area contributed by atoms with Crippen molar-refractivity contribution in [1.82, 2.24) is 14.5 Å². The van der Waals surface area contributed by atoms with E-state index in [-0.39, 0.29) is 44.1 Å². The van der Waals surface area contributed by atoms with Crippen molar-refractivity contribution >= 4 is 11.0 Å². The van der Waals surface area contributed by atoms with Gasteiger partial charge in [-0.2, -0.15) is 0 Å². The van der Waals surface area contributed by atoms with Crippen LogP contribution in [0, 0.1) is 13.0 Å². The van der Waals surface area contributed by atoms with E-state index in [2.05, 4.69) is 224 Å². The second-order valence-electron chi connectivity index (χ2n) is 18.5. The minimum atomic E-state index is -0.233. The van der Waals surface area contributed by atoms with Gasteiger partial charge < -0.3 is 5.11 Å². The first-order chi connectivity index (χ1) is 30.3. The van der Waals surface area contributed by atoms with Crippen molar-refractivity contribution in [2.24, 2.45) is 0 Å². The largest absolute Gasteiger partial charge is 0.507 e. The van der Waals surface area contributed by atoms with Crippen LogP contribution in [0.1, 0.15) is 82.6 Å². The smallest absolute Gasteiger partial charge is 0.148 e. The fraction of sp³-hybridized carbons (Fsp3) is 0.186. The second kappa shape index (κ2) is 18.0. The van der Waals surface area contributed by atoms with Gasteiger partial charge in [0.2, 0.25) is 0 Å². The molecule has 9 aromatic rings. The molecule has 2 aromatic heterocycles. The van der Waals surface area contributed by atoms with Gasteiger partial charge in [0.25, 0.3) is 0 Å². The van der Waals surface area contributed by atoms with E-state index in [1.807, 2.05) is 6.20 Å². The fourth-order valence-electron chi connectivity index (χ4n) is 8.66. The third kappa shape index (κ3) is 8.65. The van der Waals surface area contributed by atoms with Crippen molar-refractivity contribution in [3.63, 3.8) is 0 Å². The normalized spacial score (nSPS) is 11.7. The van der Waals surface area contributed by atoms with Crippen LogP contribution in [-0.4, -0.2) is 19.6 Å². The van der Waals surface area contributed by atoms with Crippen LogP contribution in [0.4, 0.5) is 0 Å². The maximum Gasteiger partial charge on any atom is 0.148 e. The summed E-state index contributed by atoms with van der Waals surface area (Å²) in [5, 5.41) is 12.3. The van der Waals surface area contributed by atoms with Crippen LogP contribution < -0.4 is 0 Å². The molecule has 0 saturated heterocycles. The van der Waals surface area contributed by atoms with Crippen LogP contribution in [0.15, 0.2) is 164 Å². The van der Waals surface area contributed by atoms with Crippen LogP contribution >= 0.6 is 0 Å². The first-order valence-corrected chi connectivity index (χ1v) is 22.1. The molecule has 0 fully saturated rings. The zero-order valence-electron chi connectivity index (χ0n) is 37.8. The Labute approximate surface area is 393 Å². The first-order valence-electron chi connectivity index (χ1n) is 22.1.